The normalized spacial score (nSPS) is 11.3. The van der Waals surface area contributed by atoms with Crippen LogP contribution in [0.3, 0.4) is 0 Å². The highest BCUT2D eigenvalue weighted by atomic mass is 19.1. The zero-order chi connectivity index (χ0) is 22.2. The van der Waals surface area contributed by atoms with Crippen molar-refractivity contribution in [2.24, 2.45) is 0 Å². The molecule has 0 amide bonds. The molecule has 8 nitrogen and oxygen atoms in total. The number of aromatic nitrogens is 6. The van der Waals surface area contributed by atoms with Crippen LogP contribution in [0, 0.1) is 5.82 Å². The topological polar surface area (TPSA) is 104 Å². The molecule has 0 unspecified atom stereocenters. The van der Waals surface area contributed by atoms with E-state index < -0.39 is 0 Å². The van der Waals surface area contributed by atoms with E-state index in [4.69, 9.17) is 0 Å². The number of nitrogens with one attached hydrogen (secondary N) is 3. The first-order chi connectivity index (χ1) is 15.7. The molecule has 4 aromatic rings. The first-order valence-corrected chi connectivity index (χ1v) is 9.95. The van der Waals surface area contributed by atoms with Gasteiger partial charge in [-0.15, -0.1) is 0 Å². The molecule has 0 radical (unpaired) electrons. The fourth-order valence-corrected chi connectivity index (χ4v) is 2.85. The van der Waals surface area contributed by atoms with Gasteiger partial charge in [0.25, 0.3) is 0 Å². The smallest absolute Gasteiger partial charge is 0.233 e. The van der Waals surface area contributed by atoms with E-state index in [-0.39, 0.29) is 5.82 Å². The van der Waals surface area contributed by atoms with Gasteiger partial charge >= 0.3 is 0 Å². The predicted molar refractivity (Wildman–Crippen MR) is 123 cm³/mol. The molecule has 0 bridgehead atoms. The summed E-state index contributed by atoms with van der Waals surface area (Å²) >= 11 is 0. The highest BCUT2D eigenvalue weighted by molar-refractivity contribution is 5.67. The van der Waals surface area contributed by atoms with Crippen LogP contribution in [0.1, 0.15) is 29.6 Å². The quantitative estimate of drug-likeness (QED) is 0.374. The lowest BCUT2D eigenvalue weighted by Gasteiger charge is -2.08. The van der Waals surface area contributed by atoms with Crippen molar-refractivity contribution in [1.82, 2.24) is 30.1 Å². The molecular formula is C23H21FN8. The van der Waals surface area contributed by atoms with Gasteiger partial charge in [0.2, 0.25) is 11.9 Å². The van der Waals surface area contributed by atoms with Crippen LogP contribution in [-0.2, 0) is 6.54 Å². The Kier molecular flexibility index (Phi) is 6.57. The summed E-state index contributed by atoms with van der Waals surface area (Å²) in [6.07, 6.45) is 10.7. The van der Waals surface area contributed by atoms with E-state index in [0.717, 1.165) is 11.3 Å². The maximum Gasteiger partial charge on any atom is 0.233 e. The number of benzene rings is 1. The van der Waals surface area contributed by atoms with E-state index in [1.165, 1.54) is 12.1 Å². The lowest BCUT2D eigenvalue weighted by molar-refractivity contribution is 0.627. The van der Waals surface area contributed by atoms with Crippen molar-refractivity contribution < 1.29 is 4.39 Å². The van der Waals surface area contributed by atoms with Gasteiger partial charge in [-0.05, 0) is 48.4 Å². The van der Waals surface area contributed by atoms with Gasteiger partial charge in [-0.2, -0.15) is 20.1 Å². The summed E-state index contributed by atoms with van der Waals surface area (Å²) in [6.45, 7) is 2.43. The van der Waals surface area contributed by atoms with Crippen molar-refractivity contribution in [3.05, 3.63) is 89.4 Å². The van der Waals surface area contributed by atoms with Crippen molar-refractivity contribution in [2.45, 2.75) is 13.5 Å². The molecule has 160 valence electrons. The molecule has 0 aliphatic heterocycles. The Labute approximate surface area is 184 Å². The van der Waals surface area contributed by atoms with Crippen LogP contribution >= 0.6 is 0 Å². The minimum absolute atomic E-state index is 0.306. The van der Waals surface area contributed by atoms with E-state index in [1.54, 1.807) is 36.7 Å². The molecule has 3 N–H and O–H groups in total. The Morgan fingerprint density at radius 2 is 1.91 bits per heavy atom. The van der Waals surface area contributed by atoms with Gasteiger partial charge in [0, 0.05) is 25.0 Å². The number of anilines is 3. The molecule has 1 aromatic carbocycles. The van der Waals surface area contributed by atoms with Gasteiger partial charge in [0.15, 0.2) is 11.6 Å². The van der Waals surface area contributed by atoms with Gasteiger partial charge in [0.1, 0.15) is 5.82 Å². The zero-order valence-corrected chi connectivity index (χ0v) is 17.3. The average molecular weight is 428 g/mol. The molecule has 0 saturated carbocycles. The molecule has 0 fully saturated rings. The van der Waals surface area contributed by atoms with Crippen molar-refractivity contribution >= 4 is 35.9 Å². The lowest BCUT2D eigenvalue weighted by Crippen LogP contribution is -2.08. The third kappa shape index (κ3) is 5.82. The van der Waals surface area contributed by atoms with Gasteiger partial charge < -0.3 is 10.6 Å². The standard InChI is InChI=1S/C23H21FN8/c1-2-5-19-13-21(32-31-19)29-23-28-20(10-9-16-6-3-8-18(24)12-16)27-22(30-23)26-15-17-7-4-11-25-14-17/h2-14H,15H2,1H3,(H3,26,27,28,29,30,31,32)/b5-2+,10-9+. The number of hydrogen-bond acceptors (Lipinski definition) is 7. The van der Waals surface area contributed by atoms with Gasteiger partial charge in [-0.3, -0.25) is 10.1 Å². The van der Waals surface area contributed by atoms with Crippen molar-refractivity contribution in [2.75, 3.05) is 10.6 Å². The predicted octanol–water partition coefficient (Wildman–Crippen LogP) is 4.69. The zero-order valence-electron chi connectivity index (χ0n) is 17.3. The number of H-pyrrole nitrogens is 1. The monoisotopic (exact) mass is 428 g/mol. The summed E-state index contributed by atoms with van der Waals surface area (Å²) in [5, 5.41) is 13.4. The molecule has 3 heterocycles. The molecule has 0 atom stereocenters. The Morgan fingerprint density at radius 1 is 1.00 bits per heavy atom. The summed E-state index contributed by atoms with van der Waals surface area (Å²) in [5.41, 5.74) is 2.54. The second kappa shape index (κ2) is 10.1. The van der Waals surface area contributed by atoms with Crippen LogP contribution in [0.25, 0.3) is 18.2 Å². The average Bonchev–Trinajstić information content (AvgIpc) is 3.24. The second-order valence-corrected chi connectivity index (χ2v) is 6.78. The molecule has 9 heteroatoms. The number of halogens is 1. The van der Waals surface area contributed by atoms with E-state index in [0.29, 0.717) is 35.6 Å². The Balaban J connectivity index is 1.59. The first-order valence-electron chi connectivity index (χ1n) is 9.95. The molecule has 0 aliphatic carbocycles. The fraction of sp³-hybridized carbons (Fsp3) is 0.0870. The maximum absolute atomic E-state index is 13.5. The summed E-state index contributed by atoms with van der Waals surface area (Å²) in [4.78, 5) is 17.4. The molecular weight excluding hydrogens is 407 g/mol. The van der Waals surface area contributed by atoms with E-state index in [9.17, 15) is 4.39 Å². The highest BCUT2D eigenvalue weighted by Gasteiger charge is 2.08. The lowest BCUT2D eigenvalue weighted by atomic mass is 10.2. The van der Waals surface area contributed by atoms with Crippen molar-refractivity contribution in [3.63, 3.8) is 0 Å². The van der Waals surface area contributed by atoms with Crippen LogP contribution in [0.2, 0.25) is 0 Å². The Hall–Kier alpha value is -4.40. The molecule has 4 rings (SSSR count). The third-order valence-corrected chi connectivity index (χ3v) is 4.28. The van der Waals surface area contributed by atoms with Gasteiger partial charge in [-0.1, -0.05) is 30.4 Å². The number of aromatic amines is 1. The van der Waals surface area contributed by atoms with Crippen molar-refractivity contribution in [1.29, 1.82) is 0 Å². The van der Waals surface area contributed by atoms with Gasteiger partial charge in [-0.25, -0.2) is 4.39 Å². The van der Waals surface area contributed by atoms with E-state index in [2.05, 4.69) is 40.8 Å². The SMILES string of the molecule is C/C=C/c1cc(Nc2nc(/C=C/c3cccc(F)c3)nc(NCc3cccnc3)n2)n[nH]1. The van der Waals surface area contributed by atoms with Crippen LogP contribution in [0.15, 0.2) is 60.9 Å². The van der Waals surface area contributed by atoms with E-state index >= 15 is 0 Å². The summed E-state index contributed by atoms with van der Waals surface area (Å²) in [6, 6.07) is 11.9. The number of rotatable bonds is 8. The Morgan fingerprint density at radius 3 is 2.72 bits per heavy atom. The largest absolute Gasteiger partial charge is 0.350 e. The second-order valence-electron chi connectivity index (χ2n) is 6.78. The van der Waals surface area contributed by atoms with Crippen LogP contribution in [0.4, 0.5) is 22.1 Å². The van der Waals surface area contributed by atoms with E-state index in [1.807, 2.05) is 37.3 Å². The number of nitrogens with zero attached hydrogens (tertiary/aromatic N) is 5. The third-order valence-electron chi connectivity index (χ3n) is 4.28. The summed E-state index contributed by atoms with van der Waals surface area (Å²) in [7, 11) is 0. The van der Waals surface area contributed by atoms with Crippen LogP contribution in [0.5, 0.6) is 0 Å². The molecule has 0 saturated heterocycles. The number of pyridine rings is 1. The maximum atomic E-state index is 13.5. The number of hydrogen-bond donors (Lipinski definition) is 3. The van der Waals surface area contributed by atoms with Crippen molar-refractivity contribution in [3.8, 4) is 0 Å². The molecule has 0 aliphatic rings. The first kappa shape index (κ1) is 20.9. The van der Waals surface area contributed by atoms with Gasteiger partial charge in [0.05, 0.1) is 5.69 Å². The minimum Gasteiger partial charge on any atom is -0.350 e. The fourth-order valence-electron chi connectivity index (χ4n) is 2.85. The highest BCUT2D eigenvalue weighted by Crippen LogP contribution is 2.16. The molecule has 32 heavy (non-hydrogen) atoms. The molecule has 0 spiro atoms. The Bertz CT molecular complexity index is 1230. The molecule has 3 aromatic heterocycles. The minimum atomic E-state index is -0.306. The van der Waals surface area contributed by atoms with Crippen LogP contribution < -0.4 is 10.6 Å². The number of allylic oxidation sites excluding steroid dienone is 1. The van der Waals surface area contributed by atoms with Crippen LogP contribution in [-0.4, -0.2) is 30.1 Å². The summed E-state index contributed by atoms with van der Waals surface area (Å²) < 4.78 is 13.5. The summed E-state index contributed by atoms with van der Waals surface area (Å²) in [5.74, 6) is 1.38.